The first-order valence-electron chi connectivity index (χ1n) is 9.13. The Hall–Kier alpha value is -2.87. The van der Waals surface area contributed by atoms with Gasteiger partial charge in [-0.15, -0.1) is 0 Å². The van der Waals surface area contributed by atoms with Crippen molar-refractivity contribution >= 4 is 21.8 Å². The molecular formula is C20H17F3N4O. The number of pyridine rings is 1. The van der Waals surface area contributed by atoms with E-state index in [2.05, 4.69) is 20.3 Å². The van der Waals surface area contributed by atoms with Gasteiger partial charge in [-0.05, 0) is 48.9 Å². The summed E-state index contributed by atoms with van der Waals surface area (Å²) in [5.41, 5.74) is 0.755. The number of aromatic nitrogens is 3. The first-order chi connectivity index (χ1) is 13.5. The van der Waals surface area contributed by atoms with Crippen LogP contribution in [0.4, 0.5) is 13.2 Å². The van der Waals surface area contributed by atoms with Gasteiger partial charge in [-0.1, -0.05) is 12.1 Å². The van der Waals surface area contributed by atoms with Crippen LogP contribution in [0.5, 0.6) is 0 Å². The smallest absolute Gasteiger partial charge is 0.431 e. The molecule has 4 aromatic rings. The topological polar surface area (TPSA) is 66.7 Å². The van der Waals surface area contributed by atoms with Crippen molar-refractivity contribution in [3.05, 3.63) is 48.2 Å². The molecule has 8 heteroatoms. The number of fused-ring (bicyclic) bond motifs is 3. The lowest BCUT2D eigenvalue weighted by Crippen LogP contribution is -2.27. The molecule has 0 saturated carbocycles. The summed E-state index contributed by atoms with van der Waals surface area (Å²) in [6, 6.07) is 5.55. The van der Waals surface area contributed by atoms with E-state index < -0.39 is 11.9 Å². The zero-order valence-corrected chi connectivity index (χ0v) is 14.8. The van der Waals surface area contributed by atoms with Crippen LogP contribution in [0.2, 0.25) is 0 Å². The van der Waals surface area contributed by atoms with E-state index in [-0.39, 0.29) is 11.6 Å². The minimum Gasteiger partial charge on any atom is -0.444 e. The van der Waals surface area contributed by atoms with Gasteiger partial charge in [0, 0.05) is 22.5 Å². The fourth-order valence-corrected chi connectivity index (χ4v) is 4.16. The monoisotopic (exact) mass is 386 g/mol. The Morgan fingerprint density at radius 2 is 1.93 bits per heavy atom. The Kier molecular flexibility index (Phi) is 3.90. The van der Waals surface area contributed by atoms with Crippen LogP contribution in [0.1, 0.15) is 30.0 Å². The fraction of sp³-hybridized carbons (Fsp3) is 0.300. The molecule has 2 N–H and O–H groups in total. The minimum atomic E-state index is -4.45. The quantitative estimate of drug-likeness (QED) is 0.517. The third kappa shape index (κ3) is 2.75. The van der Waals surface area contributed by atoms with Crippen LogP contribution in [0.15, 0.2) is 41.4 Å². The van der Waals surface area contributed by atoms with Gasteiger partial charge in [0.25, 0.3) is 0 Å². The Labute approximate surface area is 158 Å². The highest BCUT2D eigenvalue weighted by atomic mass is 19.4. The molecule has 0 unspecified atom stereocenters. The molecule has 144 valence electrons. The molecule has 5 nitrogen and oxygen atoms in total. The van der Waals surface area contributed by atoms with Crippen molar-refractivity contribution < 1.29 is 17.6 Å². The van der Waals surface area contributed by atoms with Crippen molar-refractivity contribution in [2.75, 3.05) is 13.1 Å². The number of piperidine rings is 1. The Bertz CT molecular complexity index is 1140. The molecule has 4 heterocycles. The number of rotatable bonds is 2. The third-order valence-electron chi connectivity index (χ3n) is 5.42. The van der Waals surface area contributed by atoms with Gasteiger partial charge in [-0.25, -0.2) is 9.97 Å². The predicted molar refractivity (Wildman–Crippen MR) is 98.9 cm³/mol. The lowest BCUT2D eigenvalue weighted by Gasteiger charge is -2.24. The van der Waals surface area contributed by atoms with Crippen LogP contribution in [0.25, 0.3) is 33.1 Å². The number of nitrogens with zero attached hydrogens (tertiary/aromatic N) is 2. The van der Waals surface area contributed by atoms with Gasteiger partial charge in [0.2, 0.25) is 0 Å². The van der Waals surface area contributed by atoms with Crippen molar-refractivity contribution in [2.45, 2.75) is 24.9 Å². The number of oxazole rings is 1. The van der Waals surface area contributed by atoms with Crippen molar-refractivity contribution in [3.8, 4) is 11.3 Å². The van der Waals surface area contributed by atoms with E-state index in [9.17, 15) is 13.2 Å². The highest BCUT2D eigenvalue weighted by Crippen LogP contribution is 2.43. The van der Waals surface area contributed by atoms with Crippen LogP contribution < -0.4 is 5.32 Å². The van der Waals surface area contributed by atoms with Gasteiger partial charge in [0.15, 0.2) is 12.2 Å². The average Bonchev–Trinajstić information content (AvgIpc) is 3.36. The molecule has 1 aromatic carbocycles. The summed E-state index contributed by atoms with van der Waals surface area (Å²) in [4.78, 5) is 10.8. The summed E-state index contributed by atoms with van der Waals surface area (Å²) in [7, 11) is 0. The van der Waals surface area contributed by atoms with Crippen LogP contribution in [-0.2, 0) is 6.18 Å². The fourth-order valence-electron chi connectivity index (χ4n) is 4.16. The van der Waals surface area contributed by atoms with E-state index in [1.165, 1.54) is 6.39 Å². The number of benzene rings is 1. The van der Waals surface area contributed by atoms with Crippen LogP contribution >= 0.6 is 0 Å². The van der Waals surface area contributed by atoms with E-state index in [0.717, 1.165) is 16.3 Å². The highest BCUT2D eigenvalue weighted by molar-refractivity contribution is 6.08. The molecular weight excluding hydrogens is 369 g/mol. The van der Waals surface area contributed by atoms with E-state index in [1.807, 2.05) is 18.2 Å². The number of nitrogens with one attached hydrogen (secondary N) is 2. The number of halogens is 3. The normalized spacial score (nSPS) is 16.2. The summed E-state index contributed by atoms with van der Waals surface area (Å²) in [6.07, 6.45) is 1.43. The van der Waals surface area contributed by atoms with Crippen LogP contribution in [0.3, 0.4) is 0 Å². The lowest BCUT2D eigenvalue weighted by atomic mass is 9.87. The van der Waals surface area contributed by atoms with E-state index in [1.54, 1.807) is 12.4 Å². The third-order valence-corrected chi connectivity index (χ3v) is 5.42. The minimum absolute atomic E-state index is 0.159. The molecule has 1 aliphatic rings. The molecule has 1 saturated heterocycles. The maximum absolute atomic E-state index is 13.8. The molecule has 0 aliphatic carbocycles. The zero-order chi connectivity index (χ0) is 19.3. The largest absolute Gasteiger partial charge is 0.444 e. The van der Waals surface area contributed by atoms with Gasteiger partial charge in [-0.2, -0.15) is 13.2 Å². The van der Waals surface area contributed by atoms with Crippen LogP contribution in [0, 0.1) is 0 Å². The molecule has 3 aromatic heterocycles. The SMILES string of the molecule is FC(F)(F)c1[nH]c2ncc3cc(-c4cnco4)ccc3c2c1C1CCNCC1. The second-order valence-electron chi connectivity index (χ2n) is 7.09. The number of hydrogen-bond acceptors (Lipinski definition) is 4. The lowest BCUT2D eigenvalue weighted by molar-refractivity contribution is -0.141. The van der Waals surface area contributed by atoms with Gasteiger partial charge < -0.3 is 14.7 Å². The zero-order valence-electron chi connectivity index (χ0n) is 14.8. The van der Waals surface area contributed by atoms with Crippen LogP contribution in [-0.4, -0.2) is 28.0 Å². The average molecular weight is 386 g/mol. The van der Waals surface area contributed by atoms with E-state index in [4.69, 9.17) is 4.42 Å². The summed E-state index contributed by atoms with van der Waals surface area (Å²) in [5, 5.41) is 5.32. The van der Waals surface area contributed by atoms with E-state index in [0.29, 0.717) is 42.6 Å². The van der Waals surface area contributed by atoms with E-state index >= 15 is 0 Å². The summed E-state index contributed by atoms with van der Waals surface area (Å²) in [5.74, 6) is 0.443. The number of aromatic amines is 1. The second-order valence-corrected chi connectivity index (χ2v) is 7.09. The van der Waals surface area contributed by atoms with Gasteiger partial charge >= 0.3 is 6.18 Å². The first-order valence-corrected chi connectivity index (χ1v) is 9.13. The summed E-state index contributed by atoms with van der Waals surface area (Å²) in [6.45, 7) is 1.42. The predicted octanol–water partition coefficient (Wildman–Crippen LogP) is 4.86. The van der Waals surface area contributed by atoms with Gasteiger partial charge in [-0.3, -0.25) is 0 Å². The molecule has 0 amide bonds. The molecule has 0 radical (unpaired) electrons. The molecule has 28 heavy (non-hydrogen) atoms. The Balaban J connectivity index is 1.77. The molecule has 1 fully saturated rings. The first kappa shape index (κ1) is 17.2. The number of H-pyrrole nitrogens is 1. The standard InChI is InChI=1S/C20H17F3N4O/c21-20(22,23)18-16(11-3-5-24-6-4-11)17-14-2-1-12(15-9-25-10-28-15)7-13(14)8-26-19(17)27-18/h1-2,7-11,24H,3-6H2,(H,26,27). The van der Waals surface area contributed by atoms with Gasteiger partial charge in [0.05, 0.1) is 6.20 Å². The molecule has 5 rings (SSSR count). The van der Waals surface area contributed by atoms with Crippen molar-refractivity contribution in [1.82, 2.24) is 20.3 Å². The molecule has 0 bridgehead atoms. The maximum atomic E-state index is 13.8. The molecule has 0 spiro atoms. The maximum Gasteiger partial charge on any atom is 0.431 e. The van der Waals surface area contributed by atoms with Crippen molar-refractivity contribution in [1.29, 1.82) is 0 Å². The number of hydrogen-bond donors (Lipinski definition) is 2. The number of alkyl halides is 3. The summed E-state index contributed by atoms with van der Waals surface area (Å²) < 4.78 is 46.7. The van der Waals surface area contributed by atoms with Crippen molar-refractivity contribution in [2.24, 2.45) is 0 Å². The Morgan fingerprint density at radius 1 is 1.11 bits per heavy atom. The van der Waals surface area contributed by atoms with Gasteiger partial charge in [0.1, 0.15) is 11.3 Å². The molecule has 1 aliphatic heterocycles. The second kappa shape index (κ2) is 6.34. The summed E-state index contributed by atoms with van der Waals surface area (Å²) >= 11 is 0. The highest BCUT2D eigenvalue weighted by Gasteiger charge is 2.39. The Morgan fingerprint density at radius 3 is 2.64 bits per heavy atom. The van der Waals surface area contributed by atoms with Crippen molar-refractivity contribution in [3.63, 3.8) is 0 Å². The molecule has 0 atom stereocenters.